The molecule has 6 nitrogen and oxygen atoms in total. The minimum Gasteiger partial charge on any atom is -0.507 e. The Morgan fingerprint density at radius 3 is 2.26 bits per heavy atom. The number of rotatable bonds is 10. The van der Waals surface area contributed by atoms with Crippen LogP contribution in [0.2, 0.25) is 0 Å². The lowest BCUT2D eigenvalue weighted by Crippen LogP contribution is -2.38. The van der Waals surface area contributed by atoms with E-state index < -0.39 is 17.7 Å². The van der Waals surface area contributed by atoms with E-state index in [1.165, 1.54) is 0 Å². The highest BCUT2D eigenvalue weighted by Crippen LogP contribution is 2.39. The molecule has 4 rings (SSSR count). The summed E-state index contributed by atoms with van der Waals surface area (Å²) in [7, 11) is 0. The Balaban J connectivity index is 1.64. The zero-order chi connectivity index (χ0) is 27.2. The Kier molecular flexibility index (Phi) is 9.02. The molecule has 1 heterocycles. The number of ether oxygens (including phenoxy) is 1. The lowest BCUT2D eigenvalue weighted by Gasteiger charge is -2.28. The van der Waals surface area contributed by atoms with Crippen LogP contribution < -0.4 is 4.74 Å². The maximum Gasteiger partial charge on any atom is 0.295 e. The molecule has 1 fully saturated rings. The number of likely N-dealkylation sites (N-methyl/N-ethyl adjacent to an activating group) is 1. The predicted molar refractivity (Wildman–Crippen MR) is 153 cm³/mol. The number of hydrogen-bond donors (Lipinski definition) is 1. The van der Waals surface area contributed by atoms with Crippen molar-refractivity contribution >= 4 is 33.4 Å². The van der Waals surface area contributed by atoms with Gasteiger partial charge in [0.25, 0.3) is 11.7 Å². The molecule has 0 aliphatic carbocycles. The Hall–Kier alpha value is -3.42. The van der Waals surface area contributed by atoms with Gasteiger partial charge in [-0.05, 0) is 73.1 Å². The molecule has 1 amide bonds. The van der Waals surface area contributed by atoms with Crippen LogP contribution in [0.1, 0.15) is 42.1 Å². The molecule has 0 radical (unpaired) electrons. The molecule has 198 valence electrons. The average molecular weight is 578 g/mol. The van der Waals surface area contributed by atoms with Crippen molar-refractivity contribution in [3.8, 4) is 5.75 Å². The molecule has 7 heteroatoms. The quantitative estimate of drug-likeness (QED) is 0.179. The number of amides is 1. The van der Waals surface area contributed by atoms with E-state index in [2.05, 4.69) is 34.7 Å². The Morgan fingerprint density at radius 1 is 0.974 bits per heavy atom. The fourth-order valence-corrected chi connectivity index (χ4v) is 4.95. The summed E-state index contributed by atoms with van der Waals surface area (Å²) >= 11 is 3.45. The topological polar surface area (TPSA) is 70.1 Å². The van der Waals surface area contributed by atoms with Gasteiger partial charge in [-0.2, -0.15) is 0 Å². The third kappa shape index (κ3) is 6.00. The minimum absolute atomic E-state index is 0.102. The van der Waals surface area contributed by atoms with E-state index in [9.17, 15) is 14.7 Å². The SMILES string of the molecule is CCN(CC)CCN1C(=O)C(=O)/C(=C(/O)c2ccc(OCc3ccccc3C)cc2)C1c1ccc(Br)cc1. The molecule has 0 spiro atoms. The summed E-state index contributed by atoms with van der Waals surface area (Å²) in [6, 6.07) is 21.8. The molecule has 38 heavy (non-hydrogen) atoms. The number of benzene rings is 3. The zero-order valence-electron chi connectivity index (χ0n) is 22.0. The van der Waals surface area contributed by atoms with Gasteiger partial charge in [0.05, 0.1) is 11.6 Å². The highest BCUT2D eigenvalue weighted by atomic mass is 79.9. The summed E-state index contributed by atoms with van der Waals surface area (Å²) in [5.74, 6) is -0.805. The van der Waals surface area contributed by atoms with Gasteiger partial charge >= 0.3 is 0 Å². The maximum atomic E-state index is 13.3. The first-order chi connectivity index (χ1) is 18.3. The van der Waals surface area contributed by atoms with Gasteiger partial charge in [0.1, 0.15) is 18.1 Å². The first kappa shape index (κ1) is 27.6. The van der Waals surface area contributed by atoms with Crippen molar-refractivity contribution in [1.82, 2.24) is 9.80 Å². The van der Waals surface area contributed by atoms with Crippen LogP contribution in [-0.4, -0.2) is 52.8 Å². The van der Waals surface area contributed by atoms with Crippen LogP contribution in [0.25, 0.3) is 5.76 Å². The van der Waals surface area contributed by atoms with Crippen molar-refractivity contribution in [3.05, 3.63) is 105 Å². The summed E-state index contributed by atoms with van der Waals surface area (Å²) in [6.07, 6.45) is 0. The normalized spacial score (nSPS) is 16.9. The van der Waals surface area contributed by atoms with Crippen LogP contribution in [0.15, 0.2) is 82.8 Å². The van der Waals surface area contributed by atoms with Crippen LogP contribution in [-0.2, 0) is 16.2 Å². The average Bonchev–Trinajstić information content (AvgIpc) is 3.18. The van der Waals surface area contributed by atoms with Crippen LogP contribution in [0.5, 0.6) is 5.75 Å². The number of carbonyl (C=O) groups excluding carboxylic acids is 2. The van der Waals surface area contributed by atoms with Crippen molar-refractivity contribution in [2.24, 2.45) is 0 Å². The zero-order valence-corrected chi connectivity index (χ0v) is 23.6. The summed E-state index contributed by atoms with van der Waals surface area (Å²) < 4.78 is 6.82. The third-order valence-electron chi connectivity index (χ3n) is 7.06. The number of halogens is 1. The fraction of sp³-hybridized carbons (Fsp3) is 0.290. The Morgan fingerprint density at radius 2 is 1.63 bits per heavy atom. The molecule has 0 saturated carbocycles. The molecule has 1 saturated heterocycles. The van der Waals surface area contributed by atoms with Crippen LogP contribution >= 0.6 is 15.9 Å². The van der Waals surface area contributed by atoms with E-state index in [0.717, 1.165) is 34.3 Å². The Labute approximate surface area is 232 Å². The number of carbonyl (C=O) groups is 2. The van der Waals surface area contributed by atoms with Crippen molar-refractivity contribution in [2.45, 2.75) is 33.4 Å². The van der Waals surface area contributed by atoms with E-state index in [-0.39, 0.29) is 11.3 Å². The number of Topliss-reactive ketones (excluding diaryl/α,β-unsaturated/α-hetero) is 1. The monoisotopic (exact) mass is 576 g/mol. The second-order valence-electron chi connectivity index (χ2n) is 9.31. The van der Waals surface area contributed by atoms with Crippen molar-refractivity contribution in [3.63, 3.8) is 0 Å². The standard InChI is InChI=1S/C31H33BrN2O4/c1-4-33(5-2)18-19-34-28(22-10-14-25(32)15-11-22)27(30(36)31(34)37)29(35)23-12-16-26(17-13-23)38-20-24-9-7-6-8-21(24)3/h6-17,28,35H,4-5,18-20H2,1-3H3/b29-27+. The number of nitrogens with zero attached hydrogens (tertiary/aromatic N) is 2. The minimum atomic E-state index is -0.671. The molecule has 1 aliphatic heterocycles. The van der Waals surface area contributed by atoms with Gasteiger partial charge in [0.2, 0.25) is 0 Å². The lowest BCUT2D eigenvalue weighted by atomic mass is 9.95. The van der Waals surface area contributed by atoms with E-state index in [4.69, 9.17) is 4.74 Å². The summed E-state index contributed by atoms with van der Waals surface area (Å²) in [4.78, 5) is 30.2. The highest BCUT2D eigenvalue weighted by molar-refractivity contribution is 9.10. The maximum absolute atomic E-state index is 13.3. The van der Waals surface area contributed by atoms with Crippen molar-refractivity contribution in [1.29, 1.82) is 0 Å². The van der Waals surface area contributed by atoms with Gasteiger partial charge in [0, 0.05) is 23.1 Å². The second kappa shape index (κ2) is 12.4. The molecule has 0 aromatic heterocycles. The lowest BCUT2D eigenvalue weighted by molar-refractivity contribution is -0.140. The molecular weight excluding hydrogens is 544 g/mol. The fourth-order valence-electron chi connectivity index (χ4n) is 4.69. The summed E-state index contributed by atoms with van der Waals surface area (Å²) in [5, 5.41) is 11.3. The number of likely N-dealkylation sites (tertiary alicyclic amines) is 1. The van der Waals surface area contributed by atoms with Gasteiger partial charge in [-0.15, -0.1) is 0 Å². The molecule has 1 aliphatic rings. The van der Waals surface area contributed by atoms with E-state index in [1.807, 2.05) is 55.5 Å². The number of aryl methyl sites for hydroxylation is 1. The van der Waals surface area contributed by atoms with Gasteiger partial charge in [-0.25, -0.2) is 0 Å². The molecule has 1 N–H and O–H groups in total. The molecule has 1 atom stereocenters. The van der Waals surface area contributed by atoms with Crippen LogP contribution in [0, 0.1) is 6.92 Å². The van der Waals surface area contributed by atoms with Crippen LogP contribution in [0.3, 0.4) is 0 Å². The highest BCUT2D eigenvalue weighted by Gasteiger charge is 2.45. The number of ketones is 1. The van der Waals surface area contributed by atoms with Gasteiger partial charge < -0.3 is 19.6 Å². The first-order valence-corrected chi connectivity index (χ1v) is 13.7. The van der Waals surface area contributed by atoms with Gasteiger partial charge in [0.15, 0.2) is 0 Å². The van der Waals surface area contributed by atoms with E-state index in [1.54, 1.807) is 29.2 Å². The first-order valence-electron chi connectivity index (χ1n) is 12.9. The number of hydrogen-bond acceptors (Lipinski definition) is 5. The number of aliphatic hydroxyl groups excluding tert-OH is 1. The van der Waals surface area contributed by atoms with E-state index in [0.29, 0.717) is 31.0 Å². The van der Waals surface area contributed by atoms with E-state index >= 15 is 0 Å². The summed E-state index contributed by atoms with van der Waals surface area (Å²) in [5.41, 5.74) is 3.58. The number of aliphatic hydroxyl groups is 1. The predicted octanol–water partition coefficient (Wildman–Crippen LogP) is 6.10. The van der Waals surface area contributed by atoms with Crippen molar-refractivity contribution < 1.29 is 19.4 Å². The summed E-state index contributed by atoms with van der Waals surface area (Å²) in [6.45, 7) is 9.33. The van der Waals surface area contributed by atoms with Crippen molar-refractivity contribution in [2.75, 3.05) is 26.2 Å². The smallest absolute Gasteiger partial charge is 0.295 e. The second-order valence-corrected chi connectivity index (χ2v) is 10.2. The third-order valence-corrected chi connectivity index (χ3v) is 7.59. The Bertz CT molecular complexity index is 1310. The largest absolute Gasteiger partial charge is 0.507 e. The van der Waals surface area contributed by atoms with Gasteiger partial charge in [-0.1, -0.05) is 66.2 Å². The van der Waals surface area contributed by atoms with Gasteiger partial charge in [-0.3, -0.25) is 9.59 Å². The molecule has 1 unspecified atom stereocenters. The molecular formula is C31H33BrN2O4. The molecule has 0 bridgehead atoms. The molecule has 3 aromatic carbocycles. The van der Waals surface area contributed by atoms with Crippen LogP contribution in [0.4, 0.5) is 0 Å². The molecule has 3 aromatic rings.